The van der Waals surface area contributed by atoms with Gasteiger partial charge >= 0.3 is 0 Å². The number of phenolic OH excluding ortho intramolecular Hbond substituents is 1. The smallest absolute Gasteiger partial charge is 0.129 e. The average Bonchev–Trinajstić information content (AvgIpc) is 2.82. The second-order valence-corrected chi connectivity index (χ2v) is 5.32. The van der Waals surface area contributed by atoms with Crippen LogP contribution in [-0.4, -0.2) is 11.7 Å². The lowest BCUT2D eigenvalue weighted by atomic mass is 10.1. The standard InChI is InChI=1S/C14H18BrNO/c15-13-9-12(5-6-14(13)17)10-16-8-7-11-3-1-2-4-11/h3,5-6,9,16-17H,1-2,4,7-8,10H2. The summed E-state index contributed by atoms with van der Waals surface area (Å²) in [5.41, 5.74) is 2.79. The second-order valence-electron chi connectivity index (χ2n) is 4.47. The Morgan fingerprint density at radius 1 is 1.35 bits per heavy atom. The zero-order valence-corrected chi connectivity index (χ0v) is 11.5. The van der Waals surface area contributed by atoms with E-state index in [1.807, 2.05) is 12.1 Å². The maximum Gasteiger partial charge on any atom is 0.129 e. The minimum absolute atomic E-state index is 0.296. The van der Waals surface area contributed by atoms with Crippen LogP contribution in [0.1, 0.15) is 31.2 Å². The van der Waals surface area contributed by atoms with Crippen molar-refractivity contribution in [1.29, 1.82) is 0 Å². The molecule has 0 spiro atoms. The van der Waals surface area contributed by atoms with E-state index in [0.717, 1.165) is 17.6 Å². The summed E-state index contributed by atoms with van der Waals surface area (Å²) in [5, 5.41) is 12.8. The van der Waals surface area contributed by atoms with E-state index < -0.39 is 0 Å². The van der Waals surface area contributed by atoms with Crippen molar-refractivity contribution in [2.45, 2.75) is 32.2 Å². The van der Waals surface area contributed by atoms with E-state index in [1.54, 1.807) is 11.6 Å². The van der Waals surface area contributed by atoms with Crippen LogP contribution in [0.25, 0.3) is 0 Å². The molecule has 92 valence electrons. The third-order valence-corrected chi connectivity index (χ3v) is 3.73. The van der Waals surface area contributed by atoms with Gasteiger partial charge < -0.3 is 10.4 Å². The molecule has 1 aromatic carbocycles. The summed E-state index contributed by atoms with van der Waals surface area (Å²) in [5.74, 6) is 0.296. The molecule has 0 aromatic heterocycles. The Labute approximate surface area is 111 Å². The van der Waals surface area contributed by atoms with Crippen LogP contribution >= 0.6 is 15.9 Å². The molecular weight excluding hydrogens is 278 g/mol. The number of nitrogens with one attached hydrogen (secondary N) is 1. The van der Waals surface area contributed by atoms with Gasteiger partial charge in [0.1, 0.15) is 5.75 Å². The molecule has 0 aliphatic heterocycles. The fourth-order valence-electron chi connectivity index (χ4n) is 2.11. The zero-order valence-electron chi connectivity index (χ0n) is 9.88. The lowest BCUT2D eigenvalue weighted by Crippen LogP contribution is -2.15. The second kappa shape index (κ2) is 6.22. The minimum Gasteiger partial charge on any atom is -0.507 e. The first-order valence-corrected chi connectivity index (χ1v) is 6.91. The van der Waals surface area contributed by atoms with Gasteiger partial charge in [-0.2, -0.15) is 0 Å². The molecule has 0 saturated heterocycles. The molecule has 2 N–H and O–H groups in total. The van der Waals surface area contributed by atoms with E-state index in [2.05, 4.69) is 27.3 Å². The van der Waals surface area contributed by atoms with E-state index in [-0.39, 0.29) is 0 Å². The summed E-state index contributed by atoms with van der Waals surface area (Å²) in [4.78, 5) is 0. The van der Waals surface area contributed by atoms with Crippen LogP contribution in [0.5, 0.6) is 5.75 Å². The Hall–Kier alpha value is -0.800. The predicted molar refractivity (Wildman–Crippen MR) is 74.1 cm³/mol. The summed E-state index contributed by atoms with van der Waals surface area (Å²) in [6, 6.07) is 5.62. The maximum absolute atomic E-state index is 9.38. The van der Waals surface area contributed by atoms with Crippen molar-refractivity contribution < 1.29 is 5.11 Å². The van der Waals surface area contributed by atoms with Gasteiger partial charge in [0, 0.05) is 6.54 Å². The van der Waals surface area contributed by atoms with Gasteiger partial charge in [0.15, 0.2) is 0 Å². The monoisotopic (exact) mass is 295 g/mol. The SMILES string of the molecule is Oc1ccc(CNCCC2=CCCC2)cc1Br. The summed E-state index contributed by atoms with van der Waals surface area (Å²) in [6.07, 6.45) is 7.42. The van der Waals surface area contributed by atoms with Crippen LogP contribution in [0, 0.1) is 0 Å². The number of allylic oxidation sites excluding steroid dienone is 1. The van der Waals surface area contributed by atoms with Gasteiger partial charge in [-0.3, -0.25) is 0 Å². The Morgan fingerprint density at radius 3 is 2.94 bits per heavy atom. The molecule has 0 amide bonds. The van der Waals surface area contributed by atoms with Crippen LogP contribution in [0.2, 0.25) is 0 Å². The van der Waals surface area contributed by atoms with Crippen LogP contribution in [0.4, 0.5) is 0 Å². The fourth-order valence-corrected chi connectivity index (χ4v) is 2.53. The summed E-state index contributed by atoms with van der Waals surface area (Å²) < 4.78 is 0.760. The first-order valence-electron chi connectivity index (χ1n) is 6.12. The van der Waals surface area contributed by atoms with Gasteiger partial charge in [-0.15, -0.1) is 0 Å². The van der Waals surface area contributed by atoms with Crippen molar-refractivity contribution >= 4 is 15.9 Å². The van der Waals surface area contributed by atoms with Crippen molar-refractivity contribution in [1.82, 2.24) is 5.32 Å². The van der Waals surface area contributed by atoms with E-state index in [0.29, 0.717) is 5.75 Å². The first-order chi connectivity index (χ1) is 8.25. The van der Waals surface area contributed by atoms with Crippen molar-refractivity contribution in [3.05, 3.63) is 39.9 Å². The highest BCUT2D eigenvalue weighted by Crippen LogP contribution is 2.24. The molecular formula is C14H18BrNO. The Morgan fingerprint density at radius 2 is 2.24 bits per heavy atom. The lowest BCUT2D eigenvalue weighted by molar-refractivity contribution is 0.471. The van der Waals surface area contributed by atoms with Crippen molar-refractivity contribution in [2.24, 2.45) is 0 Å². The maximum atomic E-state index is 9.38. The molecule has 17 heavy (non-hydrogen) atoms. The number of hydrogen-bond donors (Lipinski definition) is 2. The molecule has 0 atom stereocenters. The lowest BCUT2D eigenvalue weighted by Gasteiger charge is -2.06. The number of rotatable bonds is 5. The van der Waals surface area contributed by atoms with Gasteiger partial charge in [-0.05, 0) is 65.9 Å². The van der Waals surface area contributed by atoms with Crippen molar-refractivity contribution in [2.75, 3.05) is 6.54 Å². The van der Waals surface area contributed by atoms with E-state index in [9.17, 15) is 5.11 Å². The summed E-state index contributed by atoms with van der Waals surface area (Å²) in [6.45, 7) is 1.89. The number of aromatic hydroxyl groups is 1. The van der Waals surface area contributed by atoms with Gasteiger partial charge in [-0.25, -0.2) is 0 Å². The number of phenols is 1. The van der Waals surface area contributed by atoms with E-state index >= 15 is 0 Å². The van der Waals surface area contributed by atoms with Crippen molar-refractivity contribution in [3.63, 3.8) is 0 Å². The van der Waals surface area contributed by atoms with Gasteiger partial charge in [0.05, 0.1) is 4.47 Å². The molecule has 0 saturated carbocycles. The van der Waals surface area contributed by atoms with Gasteiger partial charge in [0.25, 0.3) is 0 Å². The van der Waals surface area contributed by atoms with Crippen LogP contribution < -0.4 is 5.32 Å². The molecule has 0 fully saturated rings. The molecule has 0 bridgehead atoms. The Kier molecular flexibility index (Phi) is 4.63. The first kappa shape index (κ1) is 12.7. The molecule has 2 rings (SSSR count). The quantitative estimate of drug-likeness (QED) is 0.641. The van der Waals surface area contributed by atoms with Gasteiger partial charge in [0.2, 0.25) is 0 Å². The average molecular weight is 296 g/mol. The number of benzene rings is 1. The van der Waals surface area contributed by atoms with Crippen LogP contribution in [0.3, 0.4) is 0 Å². The number of halogens is 1. The highest BCUT2D eigenvalue weighted by atomic mass is 79.9. The Bertz CT molecular complexity index is 415. The molecule has 0 unspecified atom stereocenters. The highest BCUT2D eigenvalue weighted by molar-refractivity contribution is 9.10. The Balaban J connectivity index is 1.72. The topological polar surface area (TPSA) is 32.3 Å². The molecule has 1 aliphatic carbocycles. The molecule has 0 heterocycles. The van der Waals surface area contributed by atoms with Crippen molar-refractivity contribution in [3.8, 4) is 5.75 Å². The van der Waals surface area contributed by atoms with Crippen LogP contribution in [-0.2, 0) is 6.54 Å². The van der Waals surface area contributed by atoms with Gasteiger partial charge in [-0.1, -0.05) is 17.7 Å². The molecule has 0 radical (unpaired) electrons. The molecule has 1 aliphatic rings. The third-order valence-electron chi connectivity index (χ3n) is 3.10. The zero-order chi connectivity index (χ0) is 12.1. The molecule has 2 nitrogen and oxygen atoms in total. The summed E-state index contributed by atoms with van der Waals surface area (Å²) in [7, 11) is 0. The highest BCUT2D eigenvalue weighted by Gasteiger charge is 2.04. The minimum atomic E-state index is 0.296. The van der Waals surface area contributed by atoms with E-state index in [4.69, 9.17) is 0 Å². The molecule has 1 aromatic rings. The third kappa shape index (κ3) is 3.86. The normalized spacial score (nSPS) is 15.0. The van der Waals surface area contributed by atoms with Crippen LogP contribution in [0.15, 0.2) is 34.3 Å². The largest absolute Gasteiger partial charge is 0.507 e. The van der Waals surface area contributed by atoms with E-state index in [1.165, 1.54) is 31.2 Å². The summed E-state index contributed by atoms with van der Waals surface area (Å²) >= 11 is 3.32. The molecule has 3 heteroatoms. The fraction of sp³-hybridized carbons (Fsp3) is 0.429. The predicted octanol–water partition coefficient (Wildman–Crippen LogP) is 3.74. The number of hydrogen-bond acceptors (Lipinski definition) is 2.